The molecule has 0 fully saturated rings. The first-order valence-corrected chi connectivity index (χ1v) is 7.01. The third-order valence-electron chi connectivity index (χ3n) is 4.98. The molecule has 0 spiro atoms. The van der Waals surface area contributed by atoms with Gasteiger partial charge < -0.3 is 5.32 Å². The molecule has 1 aromatic rings. The van der Waals surface area contributed by atoms with Crippen molar-refractivity contribution in [3.63, 3.8) is 0 Å². The molecule has 0 aliphatic carbocycles. The summed E-state index contributed by atoms with van der Waals surface area (Å²) in [6.07, 6.45) is 0. The van der Waals surface area contributed by atoms with Gasteiger partial charge in [-0.3, -0.25) is 0 Å². The Hall–Kier alpha value is -0.980. The van der Waals surface area contributed by atoms with E-state index in [9.17, 15) is 0 Å². The lowest BCUT2D eigenvalue weighted by Gasteiger charge is -2.48. The van der Waals surface area contributed by atoms with Gasteiger partial charge >= 0.3 is 0 Å². The van der Waals surface area contributed by atoms with Crippen LogP contribution >= 0.6 is 0 Å². The minimum Gasteiger partial charge on any atom is -0.380 e. The van der Waals surface area contributed by atoms with Crippen LogP contribution in [0.25, 0.3) is 0 Å². The Morgan fingerprint density at radius 1 is 0.889 bits per heavy atom. The van der Waals surface area contributed by atoms with E-state index in [1.807, 2.05) is 0 Å². The van der Waals surface area contributed by atoms with Crippen molar-refractivity contribution < 1.29 is 0 Å². The maximum atomic E-state index is 3.69. The Labute approximate surface area is 113 Å². The summed E-state index contributed by atoms with van der Waals surface area (Å²) in [4.78, 5) is 0. The molecule has 0 saturated heterocycles. The molecule has 0 aliphatic rings. The summed E-state index contributed by atoms with van der Waals surface area (Å²) in [5.74, 6) is 1.35. The summed E-state index contributed by atoms with van der Waals surface area (Å²) in [7, 11) is 0. The van der Waals surface area contributed by atoms with Gasteiger partial charge in [0.25, 0.3) is 0 Å². The molecular weight excluding hydrogens is 218 g/mol. The average Bonchev–Trinajstić information content (AvgIpc) is 2.28. The van der Waals surface area contributed by atoms with Crippen molar-refractivity contribution in [2.75, 3.05) is 5.32 Å². The second kappa shape index (κ2) is 5.34. The van der Waals surface area contributed by atoms with Gasteiger partial charge in [-0.2, -0.15) is 0 Å². The van der Waals surface area contributed by atoms with Crippen LogP contribution in [0.2, 0.25) is 0 Å². The third-order valence-corrected chi connectivity index (χ3v) is 4.98. The molecule has 1 N–H and O–H groups in total. The minimum atomic E-state index is 0.0536. The molecule has 1 heteroatoms. The number of anilines is 1. The fraction of sp³-hybridized carbons (Fsp3) is 0.647. The number of nitrogens with one attached hydrogen (secondary N) is 1. The second-order valence-electron chi connectivity index (χ2n) is 6.87. The van der Waals surface area contributed by atoms with E-state index in [-0.39, 0.29) is 11.0 Å². The van der Waals surface area contributed by atoms with Crippen molar-refractivity contribution in [1.29, 1.82) is 0 Å². The van der Waals surface area contributed by atoms with Gasteiger partial charge in [-0.15, -0.1) is 0 Å². The maximum Gasteiger partial charge on any atom is 0.0371 e. The molecule has 1 unspecified atom stereocenters. The SMILES string of the molecule is CC(C)C(C)C(C)(C)C(C)(C)Nc1ccccc1. The lowest BCUT2D eigenvalue weighted by Crippen LogP contribution is -2.50. The largest absolute Gasteiger partial charge is 0.380 e. The Balaban J connectivity index is 2.91. The topological polar surface area (TPSA) is 12.0 Å². The van der Waals surface area contributed by atoms with Gasteiger partial charge in [0.05, 0.1) is 0 Å². The van der Waals surface area contributed by atoms with Crippen molar-refractivity contribution in [3.05, 3.63) is 30.3 Å². The number of para-hydroxylation sites is 1. The lowest BCUT2D eigenvalue weighted by molar-refractivity contribution is 0.0999. The third kappa shape index (κ3) is 3.07. The number of benzene rings is 1. The smallest absolute Gasteiger partial charge is 0.0371 e. The highest BCUT2D eigenvalue weighted by Gasteiger charge is 2.42. The number of hydrogen-bond acceptors (Lipinski definition) is 1. The normalized spacial score (nSPS) is 14.7. The summed E-state index contributed by atoms with van der Waals surface area (Å²) < 4.78 is 0. The van der Waals surface area contributed by atoms with Gasteiger partial charge in [0.2, 0.25) is 0 Å². The van der Waals surface area contributed by atoms with Crippen molar-refractivity contribution in [1.82, 2.24) is 0 Å². The van der Waals surface area contributed by atoms with Crippen LogP contribution in [-0.2, 0) is 0 Å². The average molecular weight is 247 g/mol. The van der Waals surface area contributed by atoms with Crippen LogP contribution in [0, 0.1) is 17.3 Å². The van der Waals surface area contributed by atoms with E-state index in [0.29, 0.717) is 11.8 Å². The predicted molar refractivity (Wildman–Crippen MR) is 81.9 cm³/mol. The fourth-order valence-electron chi connectivity index (χ4n) is 2.45. The van der Waals surface area contributed by atoms with Crippen LogP contribution in [0.5, 0.6) is 0 Å². The summed E-state index contributed by atoms with van der Waals surface area (Å²) >= 11 is 0. The number of rotatable bonds is 5. The van der Waals surface area contributed by atoms with E-state index in [4.69, 9.17) is 0 Å². The monoisotopic (exact) mass is 247 g/mol. The summed E-state index contributed by atoms with van der Waals surface area (Å²) in [5.41, 5.74) is 1.47. The summed E-state index contributed by atoms with van der Waals surface area (Å²) in [6.45, 7) is 16.3. The van der Waals surface area contributed by atoms with Crippen molar-refractivity contribution in [2.24, 2.45) is 17.3 Å². The molecule has 0 bridgehead atoms. The molecule has 1 rings (SSSR count). The number of hydrogen-bond donors (Lipinski definition) is 1. The molecule has 0 aromatic heterocycles. The van der Waals surface area contributed by atoms with Crippen molar-refractivity contribution in [3.8, 4) is 0 Å². The van der Waals surface area contributed by atoms with E-state index in [2.05, 4.69) is 84.1 Å². The standard InChI is InChI=1S/C17H29N/c1-13(2)14(3)16(4,5)17(6,7)18-15-11-9-8-10-12-15/h8-14,18H,1-7H3. The zero-order chi connectivity index (χ0) is 14.0. The maximum absolute atomic E-state index is 3.69. The van der Waals surface area contributed by atoms with Gasteiger partial charge in [0, 0.05) is 11.2 Å². The zero-order valence-corrected chi connectivity index (χ0v) is 13.0. The molecule has 0 saturated carbocycles. The van der Waals surface area contributed by atoms with Crippen LogP contribution in [0.15, 0.2) is 30.3 Å². The van der Waals surface area contributed by atoms with E-state index in [0.717, 1.165) is 0 Å². The van der Waals surface area contributed by atoms with E-state index >= 15 is 0 Å². The molecule has 102 valence electrons. The second-order valence-corrected chi connectivity index (χ2v) is 6.87. The van der Waals surface area contributed by atoms with E-state index < -0.39 is 0 Å². The zero-order valence-electron chi connectivity index (χ0n) is 13.0. The van der Waals surface area contributed by atoms with Gasteiger partial charge in [0.1, 0.15) is 0 Å². The molecular formula is C17H29N. The molecule has 0 heterocycles. The van der Waals surface area contributed by atoms with E-state index in [1.165, 1.54) is 5.69 Å². The van der Waals surface area contributed by atoms with Crippen LogP contribution < -0.4 is 5.32 Å². The van der Waals surface area contributed by atoms with Gasteiger partial charge in [-0.25, -0.2) is 0 Å². The van der Waals surface area contributed by atoms with Crippen LogP contribution in [0.4, 0.5) is 5.69 Å². The van der Waals surface area contributed by atoms with Crippen LogP contribution in [0.1, 0.15) is 48.5 Å². The van der Waals surface area contributed by atoms with E-state index in [1.54, 1.807) is 0 Å². The molecule has 1 aromatic carbocycles. The molecule has 0 aliphatic heterocycles. The highest BCUT2D eigenvalue weighted by atomic mass is 15.0. The quantitative estimate of drug-likeness (QED) is 0.754. The van der Waals surface area contributed by atoms with Gasteiger partial charge in [-0.05, 0) is 43.2 Å². The van der Waals surface area contributed by atoms with Crippen molar-refractivity contribution >= 4 is 5.69 Å². The molecule has 1 nitrogen and oxygen atoms in total. The fourth-order valence-corrected chi connectivity index (χ4v) is 2.45. The Morgan fingerprint density at radius 3 is 1.83 bits per heavy atom. The highest BCUT2D eigenvalue weighted by Crippen LogP contribution is 2.43. The first kappa shape index (κ1) is 15.1. The van der Waals surface area contributed by atoms with Crippen LogP contribution in [-0.4, -0.2) is 5.54 Å². The molecule has 18 heavy (non-hydrogen) atoms. The first-order chi connectivity index (χ1) is 8.18. The first-order valence-electron chi connectivity index (χ1n) is 7.01. The van der Waals surface area contributed by atoms with Gasteiger partial charge in [0.15, 0.2) is 0 Å². The molecule has 1 atom stereocenters. The Kier molecular flexibility index (Phi) is 4.47. The highest BCUT2D eigenvalue weighted by molar-refractivity contribution is 5.45. The Bertz CT molecular complexity index is 362. The van der Waals surface area contributed by atoms with Gasteiger partial charge in [-0.1, -0.05) is 52.8 Å². The minimum absolute atomic E-state index is 0.0536. The molecule has 0 amide bonds. The molecule has 0 radical (unpaired) electrons. The summed E-state index contributed by atoms with van der Waals surface area (Å²) in [6, 6.07) is 10.5. The Morgan fingerprint density at radius 2 is 1.39 bits per heavy atom. The van der Waals surface area contributed by atoms with Crippen LogP contribution in [0.3, 0.4) is 0 Å². The predicted octanol–water partition coefficient (Wildman–Crippen LogP) is 5.20. The summed E-state index contributed by atoms with van der Waals surface area (Å²) in [5, 5.41) is 3.69. The lowest BCUT2D eigenvalue weighted by atomic mass is 9.63. The van der Waals surface area contributed by atoms with Crippen molar-refractivity contribution in [2.45, 2.75) is 54.0 Å².